The number of benzene rings is 4. The molecule has 0 atom stereocenters. The number of rotatable bonds is 8. The molecule has 0 aliphatic rings. The first-order valence-electron chi connectivity index (χ1n) is 13.6. The van der Waals surface area contributed by atoms with Crippen LogP contribution in [0.2, 0.25) is 5.15 Å². The lowest BCUT2D eigenvalue weighted by molar-refractivity contribution is 0.414. The third-order valence-corrected chi connectivity index (χ3v) is 7.54. The van der Waals surface area contributed by atoms with E-state index < -0.39 is 0 Å². The molecule has 2 aromatic heterocycles. The van der Waals surface area contributed by atoms with E-state index in [-0.39, 0.29) is 0 Å². The van der Waals surface area contributed by atoms with Crippen molar-refractivity contribution in [1.82, 2.24) is 9.97 Å². The second-order valence-electron chi connectivity index (χ2n) is 10.1. The number of pyridine rings is 2. The minimum atomic E-state index is 0.456. The lowest BCUT2D eigenvalue weighted by Crippen LogP contribution is -2.24. The van der Waals surface area contributed by atoms with Crippen molar-refractivity contribution in [1.29, 1.82) is 0 Å². The van der Waals surface area contributed by atoms with Gasteiger partial charge in [0.1, 0.15) is 16.7 Å². The van der Waals surface area contributed by atoms with Gasteiger partial charge in [-0.1, -0.05) is 103 Å². The summed E-state index contributed by atoms with van der Waals surface area (Å²) >= 11 is 7.10. The van der Waals surface area contributed by atoms with E-state index in [9.17, 15) is 0 Å². The van der Waals surface area contributed by atoms with Crippen LogP contribution in [-0.2, 0) is 13.1 Å². The maximum Gasteiger partial charge on any atom is 0.140 e. The summed E-state index contributed by atoms with van der Waals surface area (Å²) in [4.78, 5) is 11.9. The quantitative estimate of drug-likeness (QED) is 0.175. The monoisotopic (exact) mass is 555 g/mol. The predicted octanol–water partition coefficient (Wildman–Crippen LogP) is 9.14. The summed E-state index contributed by atoms with van der Waals surface area (Å²) in [6, 6.07) is 37.7. The van der Waals surface area contributed by atoms with Crippen molar-refractivity contribution in [2.75, 3.05) is 12.0 Å². The maximum absolute atomic E-state index is 7.10. The standard InChI is InChI=1S/C36H30ClN3O/c1-25-20-29(22-38-21-25)33-32-15-9-14-31(28-12-7-4-8-13-28)34(32)36(39-35(33)37)40(23-26-10-5-3-6-11-26)24-27-16-18-30(41-2)19-17-27/h3-22H,23-24H2,1-2H3. The van der Waals surface area contributed by atoms with Gasteiger partial charge in [-0.2, -0.15) is 0 Å². The van der Waals surface area contributed by atoms with Gasteiger partial charge in [-0.15, -0.1) is 0 Å². The Labute approximate surface area is 245 Å². The number of nitrogens with zero attached hydrogens (tertiary/aromatic N) is 3. The number of methoxy groups -OCH3 is 1. The summed E-state index contributed by atoms with van der Waals surface area (Å²) in [6.07, 6.45) is 3.72. The number of anilines is 1. The molecule has 6 rings (SSSR count). The number of fused-ring (bicyclic) bond motifs is 1. The molecule has 0 aliphatic carbocycles. The normalized spacial score (nSPS) is 11.0. The van der Waals surface area contributed by atoms with Gasteiger partial charge in [0.2, 0.25) is 0 Å². The molecule has 0 fully saturated rings. The van der Waals surface area contributed by atoms with Crippen molar-refractivity contribution >= 4 is 28.2 Å². The molecule has 4 aromatic carbocycles. The minimum absolute atomic E-state index is 0.456. The molecule has 0 amide bonds. The Bertz CT molecular complexity index is 1790. The summed E-state index contributed by atoms with van der Waals surface area (Å²) in [6.45, 7) is 3.35. The number of aryl methyl sites for hydroxylation is 1. The zero-order valence-corrected chi connectivity index (χ0v) is 23.8. The molecule has 0 saturated carbocycles. The van der Waals surface area contributed by atoms with Crippen LogP contribution < -0.4 is 9.64 Å². The Balaban J connectivity index is 1.61. The average molecular weight is 556 g/mol. The Morgan fingerprint density at radius 2 is 1.41 bits per heavy atom. The molecule has 2 heterocycles. The highest BCUT2D eigenvalue weighted by Gasteiger charge is 2.22. The lowest BCUT2D eigenvalue weighted by Gasteiger charge is -2.28. The smallest absolute Gasteiger partial charge is 0.140 e. The van der Waals surface area contributed by atoms with Crippen LogP contribution in [0, 0.1) is 6.92 Å². The lowest BCUT2D eigenvalue weighted by atomic mass is 9.94. The molecule has 0 aliphatic heterocycles. The number of ether oxygens (including phenoxy) is 1. The van der Waals surface area contributed by atoms with E-state index in [4.69, 9.17) is 21.3 Å². The molecular formula is C36H30ClN3O. The van der Waals surface area contributed by atoms with Crippen LogP contribution in [0.15, 0.2) is 122 Å². The summed E-state index contributed by atoms with van der Waals surface area (Å²) in [7, 11) is 1.69. The van der Waals surface area contributed by atoms with Crippen LogP contribution in [-0.4, -0.2) is 17.1 Å². The van der Waals surface area contributed by atoms with Crippen molar-refractivity contribution in [2.24, 2.45) is 0 Å². The largest absolute Gasteiger partial charge is 0.497 e. The van der Waals surface area contributed by atoms with E-state index in [1.165, 1.54) is 5.56 Å². The third-order valence-electron chi connectivity index (χ3n) is 7.26. The van der Waals surface area contributed by atoms with Gasteiger partial charge in [0.25, 0.3) is 0 Å². The third kappa shape index (κ3) is 5.65. The molecule has 0 radical (unpaired) electrons. The fourth-order valence-corrected chi connectivity index (χ4v) is 5.62. The van der Waals surface area contributed by atoms with Gasteiger partial charge in [-0.3, -0.25) is 4.98 Å². The fourth-order valence-electron chi connectivity index (χ4n) is 5.33. The molecule has 6 aromatic rings. The van der Waals surface area contributed by atoms with Gasteiger partial charge in [-0.25, -0.2) is 4.98 Å². The van der Waals surface area contributed by atoms with E-state index in [0.29, 0.717) is 18.2 Å². The van der Waals surface area contributed by atoms with Crippen molar-refractivity contribution in [3.8, 4) is 28.0 Å². The molecular weight excluding hydrogens is 526 g/mol. The van der Waals surface area contributed by atoms with E-state index in [0.717, 1.165) is 55.7 Å². The zero-order valence-electron chi connectivity index (χ0n) is 23.1. The SMILES string of the molecule is COc1ccc(CN(Cc2ccccc2)c2nc(Cl)c(-c3cncc(C)c3)c3cccc(-c4ccccc4)c23)cc1. The molecule has 41 heavy (non-hydrogen) atoms. The number of hydrogen-bond acceptors (Lipinski definition) is 4. The highest BCUT2D eigenvalue weighted by Crippen LogP contribution is 2.43. The Morgan fingerprint density at radius 1 is 0.732 bits per heavy atom. The summed E-state index contributed by atoms with van der Waals surface area (Å²) < 4.78 is 5.41. The first-order chi connectivity index (χ1) is 20.1. The van der Waals surface area contributed by atoms with Crippen molar-refractivity contribution in [3.05, 3.63) is 143 Å². The number of halogens is 1. The van der Waals surface area contributed by atoms with Crippen molar-refractivity contribution in [3.63, 3.8) is 0 Å². The second kappa shape index (κ2) is 11.8. The van der Waals surface area contributed by atoms with Gasteiger partial charge >= 0.3 is 0 Å². The van der Waals surface area contributed by atoms with Crippen LogP contribution in [0.5, 0.6) is 5.75 Å². The molecule has 0 saturated heterocycles. The average Bonchev–Trinajstić information content (AvgIpc) is 3.01. The first kappa shape index (κ1) is 26.5. The fraction of sp³-hybridized carbons (Fsp3) is 0.111. The van der Waals surface area contributed by atoms with E-state index in [1.54, 1.807) is 7.11 Å². The van der Waals surface area contributed by atoms with Gasteiger partial charge in [0.05, 0.1) is 7.11 Å². The molecule has 0 unspecified atom stereocenters. The summed E-state index contributed by atoms with van der Waals surface area (Å²) in [5.41, 5.74) is 7.49. The van der Waals surface area contributed by atoms with Crippen LogP contribution in [0.25, 0.3) is 33.0 Å². The second-order valence-corrected chi connectivity index (χ2v) is 10.5. The summed E-state index contributed by atoms with van der Waals surface area (Å²) in [5, 5.41) is 2.56. The van der Waals surface area contributed by atoms with E-state index in [1.807, 2.05) is 43.6 Å². The van der Waals surface area contributed by atoms with Crippen molar-refractivity contribution < 1.29 is 4.74 Å². The highest BCUT2D eigenvalue weighted by molar-refractivity contribution is 6.34. The first-order valence-corrected chi connectivity index (χ1v) is 14.0. The Morgan fingerprint density at radius 3 is 2.10 bits per heavy atom. The number of aromatic nitrogens is 2. The number of hydrogen-bond donors (Lipinski definition) is 0. The maximum atomic E-state index is 7.10. The molecule has 0 spiro atoms. The molecule has 5 heteroatoms. The van der Waals surface area contributed by atoms with E-state index in [2.05, 4.69) is 94.8 Å². The molecule has 0 bridgehead atoms. The molecule has 0 N–H and O–H groups in total. The Hall–Kier alpha value is -4.67. The van der Waals surface area contributed by atoms with Gasteiger partial charge in [0.15, 0.2) is 0 Å². The molecule has 202 valence electrons. The van der Waals surface area contributed by atoms with Crippen LogP contribution in [0.4, 0.5) is 5.82 Å². The van der Waals surface area contributed by atoms with Gasteiger partial charge in [-0.05, 0) is 58.3 Å². The Kier molecular flexibility index (Phi) is 7.66. The minimum Gasteiger partial charge on any atom is -0.497 e. The predicted molar refractivity (Wildman–Crippen MR) is 169 cm³/mol. The van der Waals surface area contributed by atoms with Crippen LogP contribution in [0.1, 0.15) is 16.7 Å². The topological polar surface area (TPSA) is 38.2 Å². The molecule has 4 nitrogen and oxygen atoms in total. The van der Waals surface area contributed by atoms with Gasteiger partial charge < -0.3 is 9.64 Å². The van der Waals surface area contributed by atoms with Crippen LogP contribution in [0.3, 0.4) is 0 Å². The summed E-state index contributed by atoms with van der Waals surface area (Å²) in [5.74, 6) is 1.67. The van der Waals surface area contributed by atoms with Crippen LogP contribution >= 0.6 is 11.6 Å². The van der Waals surface area contributed by atoms with E-state index >= 15 is 0 Å². The highest BCUT2D eigenvalue weighted by atomic mass is 35.5. The van der Waals surface area contributed by atoms with Gasteiger partial charge in [0, 0.05) is 42.0 Å². The van der Waals surface area contributed by atoms with Crippen molar-refractivity contribution in [2.45, 2.75) is 20.0 Å². The zero-order chi connectivity index (χ0) is 28.2.